The molecule has 0 unspecified atom stereocenters. The molecular formula is C44H39NO7S4. The summed E-state index contributed by atoms with van der Waals surface area (Å²) in [4.78, 5) is 21.3. The molecule has 286 valence electrons. The third-order valence-corrected chi connectivity index (χ3v) is 11.6. The van der Waals surface area contributed by atoms with Crippen molar-refractivity contribution >= 4 is 71.1 Å². The number of aliphatic hydroxyl groups is 1. The zero-order valence-electron chi connectivity index (χ0n) is 31.1. The molecule has 1 saturated heterocycles. The Labute approximate surface area is 344 Å². The normalized spacial score (nSPS) is 15.8. The molecule has 0 spiro atoms. The van der Waals surface area contributed by atoms with Gasteiger partial charge in [0.25, 0.3) is 0 Å². The van der Waals surface area contributed by atoms with E-state index in [0.717, 1.165) is 80.6 Å². The predicted molar refractivity (Wildman–Crippen MR) is 229 cm³/mol. The van der Waals surface area contributed by atoms with Crippen LogP contribution in [0.4, 0.5) is 0 Å². The van der Waals surface area contributed by atoms with Gasteiger partial charge in [0.2, 0.25) is 0 Å². The summed E-state index contributed by atoms with van der Waals surface area (Å²) >= 11 is 5.21. The zero-order valence-corrected chi connectivity index (χ0v) is 34.4. The molecule has 1 aliphatic heterocycles. The Morgan fingerprint density at radius 3 is 1.66 bits per heavy atom. The van der Waals surface area contributed by atoms with Gasteiger partial charge in [-0.25, -0.2) is 0 Å². The second kappa shape index (κ2) is 18.9. The quantitative estimate of drug-likeness (QED) is 0.0837. The number of carbonyl (C=O) groups excluding carboxylic acids is 1. The lowest BCUT2D eigenvalue weighted by atomic mass is 9.83. The van der Waals surface area contributed by atoms with Crippen molar-refractivity contribution in [3.8, 4) is 44.5 Å². The number of fused-ring (bicyclic) bond motifs is 1. The number of benzene rings is 5. The molecule has 1 aromatic heterocycles. The third-order valence-electron chi connectivity index (χ3n) is 9.10. The van der Waals surface area contributed by atoms with Crippen LogP contribution >= 0.6 is 48.2 Å². The number of pyridine rings is 1. The molecule has 2 heterocycles. The van der Waals surface area contributed by atoms with Gasteiger partial charge in [-0.1, -0.05) is 54.6 Å². The fourth-order valence-electron chi connectivity index (χ4n) is 6.96. The monoisotopic (exact) mass is 821 g/mol. The fraction of sp³-hybridized carbons (Fsp3) is 0.182. The average molecular weight is 822 g/mol. The Hall–Kier alpha value is -4.08. The number of hydrogen-bond acceptors (Lipinski definition) is 12. The number of nitrogens with zero attached hydrogens (tertiary/aromatic N) is 1. The van der Waals surface area contributed by atoms with Crippen molar-refractivity contribution in [1.82, 2.24) is 4.98 Å². The Kier molecular flexibility index (Phi) is 13.5. The molecule has 2 atom stereocenters. The van der Waals surface area contributed by atoms with E-state index in [1.54, 1.807) is 28.4 Å². The second-order valence-corrected chi connectivity index (χ2v) is 16.6. The summed E-state index contributed by atoms with van der Waals surface area (Å²) in [6.07, 6.45) is 4.64. The summed E-state index contributed by atoms with van der Waals surface area (Å²) in [5.41, 5.74) is 9.42. The molecule has 12 heteroatoms. The van der Waals surface area contributed by atoms with Gasteiger partial charge in [-0.2, -0.15) is 0 Å². The highest BCUT2D eigenvalue weighted by Gasteiger charge is 2.26. The number of esters is 1. The highest BCUT2D eigenvalue weighted by atomic mass is 32.2. The van der Waals surface area contributed by atoms with E-state index in [4.69, 9.17) is 26.5 Å². The Balaban J connectivity index is 1.61. The summed E-state index contributed by atoms with van der Waals surface area (Å²) < 4.78 is 27.6. The number of rotatable bonds is 14. The van der Waals surface area contributed by atoms with Gasteiger partial charge in [-0.3, -0.25) is 9.78 Å². The van der Waals surface area contributed by atoms with Gasteiger partial charge in [-0.05, 0) is 99.6 Å². The number of cyclic esters (lactones) is 1. The highest BCUT2D eigenvalue weighted by molar-refractivity contribution is 7.95. The molecule has 1 N–H and O–H groups in total. The minimum absolute atomic E-state index is 0.00773. The van der Waals surface area contributed by atoms with E-state index in [-0.39, 0.29) is 6.42 Å². The molecule has 1 fully saturated rings. The van der Waals surface area contributed by atoms with Crippen LogP contribution in [0, 0.1) is 0 Å². The summed E-state index contributed by atoms with van der Waals surface area (Å²) in [5, 5.41) is 11.3. The molecule has 7 rings (SSSR count). The standard InChI is InChI=1S/C44H39NO7S4/c1-48-53-34-13-5-9-27(19-34)38-25-39-41(28-10-6-14-35(20-28)54-49-2)31(17-18-33-23-32(46)24-40(47)52-33)26-45-44(39)43(30-12-8-16-37(22-30)56-51-4)42(38)29-11-7-15-36(21-29)55-50-3/h5-22,25-26,32-33,46H,23-24H2,1-4H3/t32-,33-/m1/s1. The number of aromatic nitrogens is 1. The Morgan fingerprint density at radius 2 is 1.14 bits per heavy atom. The van der Waals surface area contributed by atoms with Crippen LogP contribution in [0.5, 0.6) is 0 Å². The number of hydrogen-bond donors (Lipinski definition) is 1. The van der Waals surface area contributed by atoms with Gasteiger partial charge in [-0.15, -0.1) is 0 Å². The number of carbonyl (C=O) groups is 1. The maximum Gasteiger partial charge on any atom is 0.309 e. The lowest BCUT2D eigenvalue weighted by Crippen LogP contribution is -2.31. The maximum atomic E-state index is 12.3. The van der Waals surface area contributed by atoms with Gasteiger partial charge >= 0.3 is 5.97 Å². The van der Waals surface area contributed by atoms with Crippen molar-refractivity contribution in [3.63, 3.8) is 0 Å². The van der Waals surface area contributed by atoms with E-state index in [9.17, 15) is 9.90 Å². The second-order valence-electron chi connectivity index (χ2n) is 12.8. The van der Waals surface area contributed by atoms with Crippen molar-refractivity contribution in [1.29, 1.82) is 0 Å². The Morgan fingerprint density at radius 1 is 0.661 bits per heavy atom. The van der Waals surface area contributed by atoms with Crippen LogP contribution in [0.25, 0.3) is 61.5 Å². The molecule has 0 aliphatic carbocycles. The van der Waals surface area contributed by atoms with Crippen LogP contribution in [-0.2, 0) is 26.3 Å². The summed E-state index contributed by atoms with van der Waals surface area (Å²) in [7, 11) is 6.65. The molecule has 0 amide bonds. The maximum absolute atomic E-state index is 12.3. The van der Waals surface area contributed by atoms with Crippen molar-refractivity contribution in [3.05, 3.63) is 121 Å². The van der Waals surface area contributed by atoms with Crippen LogP contribution in [0.1, 0.15) is 18.4 Å². The van der Waals surface area contributed by atoms with Crippen molar-refractivity contribution in [2.45, 2.75) is 44.6 Å². The molecule has 6 aromatic rings. The predicted octanol–water partition coefficient (Wildman–Crippen LogP) is 11.6. The number of aliphatic hydroxyl groups excluding tert-OH is 1. The zero-order chi connectivity index (χ0) is 39.0. The molecule has 0 saturated carbocycles. The summed E-state index contributed by atoms with van der Waals surface area (Å²) in [5.74, 6) is -0.419. The van der Waals surface area contributed by atoms with E-state index in [1.165, 1.54) is 48.2 Å². The smallest absolute Gasteiger partial charge is 0.309 e. The first-order valence-corrected chi connectivity index (χ1v) is 20.7. The highest BCUT2D eigenvalue weighted by Crippen LogP contribution is 2.48. The van der Waals surface area contributed by atoms with E-state index in [0.29, 0.717) is 6.42 Å². The lowest BCUT2D eigenvalue weighted by Gasteiger charge is -2.24. The van der Waals surface area contributed by atoms with Crippen LogP contribution in [0.3, 0.4) is 0 Å². The van der Waals surface area contributed by atoms with Gasteiger partial charge in [0.15, 0.2) is 0 Å². The van der Waals surface area contributed by atoms with E-state index >= 15 is 0 Å². The average Bonchev–Trinajstić information content (AvgIpc) is 3.20. The van der Waals surface area contributed by atoms with Gasteiger partial charge < -0.3 is 26.6 Å². The van der Waals surface area contributed by atoms with Crippen molar-refractivity contribution < 1.29 is 31.4 Å². The molecule has 0 bridgehead atoms. The van der Waals surface area contributed by atoms with Crippen LogP contribution in [0.2, 0.25) is 0 Å². The van der Waals surface area contributed by atoms with Crippen LogP contribution in [0.15, 0.2) is 135 Å². The lowest BCUT2D eigenvalue weighted by molar-refractivity contribution is -0.156. The van der Waals surface area contributed by atoms with Crippen molar-refractivity contribution in [2.75, 3.05) is 28.4 Å². The fourth-order valence-corrected chi connectivity index (χ4v) is 8.96. The SMILES string of the molecule is COSc1cccc(-c2cc3c(-c4cccc(SOC)c4)c(C=C[C@@H]4C[C@@H](O)CC(=O)O4)cnc3c(-c3cccc(SOC)c3)c2-c2cccc(SOC)c2)c1. The largest absolute Gasteiger partial charge is 0.458 e. The van der Waals surface area contributed by atoms with Gasteiger partial charge in [0.05, 0.1) is 46.5 Å². The topological polar surface area (TPSA) is 96.3 Å². The van der Waals surface area contributed by atoms with Crippen LogP contribution in [-0.4, -0.2) is 56.7 Å². The molecular weight excluding hydrogens is 783 g/mol. The van der Waals surface area contributed by atoms with Crippen LogP contribution < -0.4 is 0 Å². The minimum atomic E-state index is -0.758. The van der Waals surface area contributed by atoms with Gasteiger partial charge in [0, 0.05) is 96.9 Å². The first-order chi connectivity index (χ1) is 27.4. The van der Waals surface area contributed by atoms with E-state index < -0.39 is 18.2 Å². The van der Waals surface area contributed by atoms with E-state index in [2.05, 4.69) is 54.6 Å². The molecule has 56 heavy (non-hydrogen) atoms. The summed E-state index contributed by atoms with van der Waals surface area (Å²) in [6, 6.07) is 35.4. The Bertz CT molecular complexity index is 2390. The summed E-state index contributed by atoms with van der Waals surface area (Å²) in [6.45, 7) is 0. The van der Waals surface area contributed by atoms with E-state index in [1.807, 2.05) is 66.9 Å². The molecule has 8 nitrogen and oxygen atoms in total. The molecule has 0 radical (unpaired) electrons. The van der Waals surface area contributed by atoms with Crippen molar-refractivity contribution in [2.24, 2.45) is 0 Å². The minimum Gasteiger partial charge on any atom is -0.458 e. The van der Waals surface area contributed by atoms with Gasteiger partial charge in [0.1, 0.15) is 6.10 Å². The first kappa shape index (κ1) is 40.1. The first-order valence-electron chi connectivity index (χ1n) is 17.7. The molecule has 1 aliphatic rings. The molecule has 5 aromatic carbocycles. The third kappa shape index (κ3) is 9.21. The number of ether oxygens (including phenoxy) is 1.